The minimum atomic E-state index is -0.225. The third-order valence-electron chi connectivity index (χ3n) is 2.82. The van der Waals surface area contributed by atoms with Crippen LogP contribution in [0, 0.1) is 6.92 Å². The van der Waals surface area contributed by atoms with Crippen LogP contribution in [0.2, 0.25) is 0 Å². The Balaban J connectivity index is 2.20. The van der Waals surface area contributed by atoms with Crippen molar-refractivity contribution in [3.63, 3.8) is 0 Å². The second-order valence-electron chi connectivity index (χ2n) is 4.29. The van der Waals surface area contributed by atoms with Gasteiger partial charge in [0, 0.05) is 5.56 Å². The Kier molecular flexibility index (Phi) is 2.60. The number of fused-ring (bicyclic) bond motifs is 1. The van der Waals surface area contributed by atoms with Crippen molar-refractivity contribution in [2.75, 3.05) is 5.73 Å². The predicted octanol–water partition coefficient (Wildman–Crippen LogP) is 1.39. The minimum absolute atomic E-state index is 0.194. The zero-order valence-corrected chi connectivity index (χ0v) is 10.6. The van der Waals surface area contributed by atoms with Crippen molar-refractivity contribution in [1.29, 1.82) is 0 Å². The molecule has 0 fully saturated rings. The summed E-state index contributed by atoms with van der Waals surface area (Å²) >= 11 is 0. The van der Waals surface area contributed by atoms with Crippen molar-refractivity contribution < 1.29 is 10.2 Å². The Morgan fingerprint density at radius 3 is 2.60 bits per heavy atom. The smallest absolute Gasteiger partial charge is 0.183 e. The molecule has 0 bridgehead atoms. The zero-order chi connectivity index (χ0) is 14.3. The van der Waals surface area contributed by atoms with E-state index < -0.39 is 0 Å². The summed E-state index contributed by atoms with van der Waals surface area (Å²) < 4.78 is 0. The Morgan fingerprint density at radius 2 is 1.85 bits per heavy atom. The predicted molar refractivity (Wildman–Crippen MR) is 73.0 cm³/mol. The minimum Gasteiger partial charge on any atom is -0.504 e. The Morgan fingerprint density at radius 1 is 1.05 bits per heavy atom. The molecule has 20 heavy (non-hydrogen) atoms. The average molecular weight is 269 g/mol. The van der Waals surface area contributed by atoms with Gasteiger partial charge in [-0.3, -0.25) is 0 Å². The molecule has 7 heteroatoms. The summed E-state index contributed by atoms with van der Waals surface area (Å²) in [7, 11) is 0. The number of phenolic OH excluding ortho intramolecular Hbond substituents is 2. The van der Waals surface area contributed by atoms with Gasteiger partial charge in [0.05, 0.1) is 11.9 Å². The highest BCUT2D eigenvalue weighted by Crippen LogP contribution is 2.30. The van der Waals surface area contributed by atoms with Gasteiger partial charge >= 0.3 is 0 Å². The molecule has 0 spiro atoms. The van der Waals surface area contributed by atoms with E-state index in [2.05, 4.69) is 19.9 Å². The largest absolute Gasteiger partial charge is 0.504 e. The summed E-state index contributed by atoms with van der Waals surface area (Å²) in [4.78, 5) is 16.7. The first-order valence-electron chi connectivity index (χ1n) is 5.84. The highest BCUT2D eigenvalue weighted by molar-refractivity contribution is 5.82. The fourth-order valence-electron chi connectivity index (χ4n) is 1.86. The SMILES string of the molecule is Cc1nc(N)c2nc(-c3ccc(O)c(O)c3)cnc2n1. The van der Waals surface area contributed by atoms with Gasteiger partial charge in [-0.1, -0.05) is 0 Å². The van der Waals surface area contributed by atoms with E-state index in [1.54, 1.807) is 13.0 Å². The van der Waals surface area contributed by atoms with Gasteiger partial charge in [0.1, 0.15) is 5.82 Å². The van der Waals surface area contributed by atoms with Crippen LogP contribution in [0.4, 0.5) is 5.82 Å². The number of hydrogen-bond acceptors (Lipinski definition) is 7. The van der Waals surface area contributed by atoms with Crippen LogP contribution >= 0.6 is 0 Å². The molecular formula is C13H11N5O2. The van der Waals surface area contributed by atoms with E-state index in [-0.39, 0.29) is 17.3 Å². The van der Waals surface area contributed by atoms with Crippen LogP contribution in [-0.2, 0) is 0 Å². The molecule has 100 valence electrons. The number of rotatable bonds is 1. The lowest BCUT2D eigenvalue weighted by atomic mass is 10.1. The number of hydrogen-bond donors (Lipinski definition) is 3. The maximum absolute atomic E-state index is 9.52. The number of nitrogen functional groups attached to an aromatic ring is 1. The molecule has 0 saturated heterocycles. The van der Waals surface area contributed by atoms with E-state index in [0.717, 1.165) is 0 Å². The zero-order valence-electron chi connectivity index (χ0n) is 10.6. The van der Waals surface area contributed by atoms with Crippen molar-refractivity contribution >= 4 is 17.0 Å². The molecule has 3 aromatic rings. The second kappa shape index (κ2) is 4.30. The van der Waals surface area contributed by atoms with Crippen LogP contribution in [0.1, 0.15) is 5.82 Å². The number of aryl methyl sites for hydroxylation is 1. The first-order chi connectivity index (χ1) is 9.54. The topological polar surface area (TPSA) is 118 Å². The van der Waals surface area contributed by atoms with Crippen LogP contribution in [0.15, 0.2) is 24.4 Å². The van der Waals surface area contributed by atoms with E-state index in [1.165, 1.54) is 18.3 Å². The highest BCUT2D eigenvalue weighted by atomic mass is 16.3. The summed E-state index contributed by atoms with van der Waals surface area (Å²) in [6.07, 6.45) is 1.53. The van der Waals surface area contributed by atoms with E-state index in [4.69, 9.17) is 5.73 Å². The average Bonchev–Trinajstić information content (AvgIpc) is 2.41. The summed E-state index contributed by atoms with van der Waals surface area (Å²) in [5, 5.41) is 18.8. The summed E-state index contributed by atoms with van der Waals surface area (Å²) in [6, 6.07) is 4.40. The molecule has 0 unspecified atom stereocenters. The maximum Gasteiger partial charge on any atom is 0.183 e. The van der Waals surface area contributed by atoms with Gasteiger partial charge in [0.25, 0.3) is 0 Å². The number of anilines is 1. The highest BCUT2D eigenvalue weighted by Gasteiger charge is 2.10. The van der Waals surface area contributed by atoms with Crippen molar-refractivity contribution in [1.82, 2.24) is 19.9 Å². The molecular weight excluding hydrogens is 258 g/mol. The van der Waals surface area contributed by atoms with Crippen LogP contribution < -0.4 is 5.73 Å². The van der Waals surface area contributed by atoms with Crippen LogP contribution in [-0.4, -0.2) is 30.1 Å². The lowest BCUT2D eigenvalue weighted by Gasteiger charge is -2.05. The van der Waals surface area contributed by atoms with Crippen LogP contribution in [0.25, 0.3) is 22.4 Å². The number of aromatic nitrogens is 4. The van der Waals surface area contributed by atoms with Gasteiger partial charge in [0.2, 0.25) is 0 Å². The van der Waals surface area contributed by atoms with Gasteiger partial charge < -0.3 is 15.9 Å². The molecule has 2 heterocycles. The number of nitrogens with zero attached hydrogens (tertiary/aromatic N) is 4. The lowest BCUT2D eigenvalue weighted by molar-refractivity contribution is 0.404. The normalized spacial score (nSPS) is 10.8. The molecule has 0 saturated carbocycles. The third-order valence-corrected chi connectivity index (χ3v) is 2.82. The van der Waals surface area contributed by atoms with Gasteiger partial charge in [0.15, 0.2) is 28.5 Å². The van der Waals surface area contributed by atoms with Gasteiger partial charge in [-0.25, -0.2) is 19.9 Å². The fourth-order valence-corrected chi connectivity index (χ4v) is 1.86. The monoisotopic (exact) mass is 269 g/mol. The first kappa shape index (κ1) is 12.1. The molecule has 0 amide bonds. The van der Waals surface area contributed by atoms with Crippen LogP contribution in [0.3, 0.4) is 0 Å². The number of benzene rings is 1. The van der Waals surface area contributed by atoms with Crippen molar-refractivity contribution in [2.24, 2.45) is 0 Å². The molecule has 1 aromatic carbocycles. The summed E-state index contributed by atoms with van der Waals surface area (Å²) in [5.74, 6) is 0.364. The lowest BCUT2D eigenvalue weighted by Crippen LogP contribution is -2.01. The van der Waals surface area contributed by atoms with Gasteiger partial charge in [-0.05, 0) is 25.1 Å². The second-order valence-corrected chi connectivity index (χ2v) is 4.29. The molecule has 0 aliphatic rings. The molecule has 3 rings (SSSR count). The third kappa shape index (κ3) is 1.95. The standard InChI is InChI=1S/C13H11N5O2/c1-6-16-12(14)11-13(17-6)15-5-8(18-11)7-2-3-9(19)10(20)4-7/h2-5,19-20H,1H3,(H2,14,15,16,17). The Hall–Kier alpha value is -2.96. The van der Waals surface area contributed by atoms with E-state index in [9.17, 15) is 10.2 Å². The molecule has 7 nitrogen and oxygen atoms in total. The molecule has 0 atom stereocenters. The van der Waals surface area contributed by atoms with Gasteiger partial charge in [-0.15, -0.1) is 0 Å². The molecule has 0 radical (unpaired) electrons. The van der Waals surface area contributed by atoms with Crippen molar-refractivity contribution in [2.45, 2.75) is 6.92 Å². The van der Waals surface area contributed by atoms with E-state index >= 15 is 0 Å². The molecule has 0 aliphatic carbocycles. The molecule has 0 aliphatic heterocycles. The number of phenols is 2. The summed E-state index contributed by atoms with van der Waals surface area (Å²) in [6.45, 7) is 1.73. The van der Waals surface area contributed by atoms with E-state index in [1.807, 2.05) is 0 Å². The Labute approximate surface area is 113 Å². The summed E-state index contributed by atoms with van der Waals surface area (Å²) in [5.41, 5.74) is 7.75. The van der Waals surface area contributed by atoms with Crippen molar-refractivity contribution in [3.8, 4) is 22.8 Å². The quantitative estimate of drug-likeness (QED) is 0.571. The van der Waals surface area contributed by atoms with Crippen molar-refractivity contribution in [3.05, 3.63) is 30.2 Å². The number of aromatic hydroxyl groups is 2. The fraction of sp³-hybridized carbons (Fsp3) is 0.0769. The number of nitrogens with two attached hydrogens (primary N) is 1. The molecule has 4 N–H and O–H groups in total. The van der Waals surface area contributed by atoms with E-state index in [0.29, 0.717) is 28.2 Å². The molecule has 2 aromatic heterocycles. The van der Waals surface area contributed by atoms with Gasteiger partial charge in [-0.2, -0.15) is 0 Å². The Bertz CT molecular complexity index is 819. The first-order valence-corrected chi connectivity index (χ1v) is 5.84. The van der Waals surface area contributed by atoms with Crippen LogP contribution in [0.5, 0.6) is 11.5 Å². The maximum atomic E-state index is 9.52.